The number of nitrogens with zero attached hydrogens (tertiary/aromatic N) is 2. The zero-order valence-corrected chi connectivity index (χ0v) is 16.3. The molecule has 0 aromatic heterocycles. The smallest absolute Gasteiger partial charge is 0.258 e. The molecule has 31 heavy (non-hydrogen) atoms. The highest BCUT2D eigenvalue weighted by atomic mass is 19.1. The minimum atomic E-state index is -0.751. The summed E-state index contributed by atoms with van der Waals surface area (Å²) >= 11 is 0. The molecule has 5 rings (SSSR count). The summed E-state index contributed by atoms with van der Waals surface area (Å²) in [5.41, 5.74) is 1.31. The van der Waals surface area contributed by atoms with E-state index in [2.05, 4.69) is 5.32 Å². The number of anilines is 1. The van der Waals surface area contributed by atoms with Gasteiger partial charge < -0.3 is 9.80 Å². The number of benzene rings is 2. The van der Waals surface area contributed by atoms with E-state index in [1.165, 1.54) is 21.9 Å². The van der Waals surface area contributed by atoms with E-state index in [-0.39, 0.29) is 61.0 Å². The zero-order chi connectivity index (χ0) is 21.9. The Labute approximate surface area is 175 Å². The second-order valence-electron chi connectivity index (χ2n) is 7.84. The van der Waals surface area contributed by atoms with Gasteiger partial charge in [-0.1, -0.05) is 0 Å². The third kappa shape index (κ3) is 2.99. The van der Waals surface area contributed by atoms with Gasteiger partial charge in [0.2, 0.25) is 11.8 Å². The maximum Gasteiger partial charge on any atom is 0.258 e. The molecule has 1 saturated heterocycles. The number of amides is 4. The van der Waals surface area contributed by atoms with Gasteiger partial charge in [-0.15, -0.1) is 0 Å². The molecule has 0 saturated carbocycles. The largest absolute Gasteiger partial charge is 0.322 e. The molecule has 3 aliphatic rings. The number of hydrogen-bond acceptors (Lipinski definition) is 4. The van der Waals surface area contributed by atoms with E-state index in [0.717, 1.165) is 12.1 Å². The molecule has 7 nitrogen and oxygen atoms in total. The number of imide groups is 1. The summed E-state index contributed by atoms with van der Waals surface area (Å²) in [6, 6.07) is 5.83. The van der Waals surface area contributed by atoms with Crippen molar-refractivity contribution < 1.29 is 28.0 Å². The molecule has 0 aliphatic carbocycles. The Bertz CT molecular complexity index is 1180. The molecule has 1 N–H and O–H groups in total. The molecule has 1 fully saturated rings. The van der Waals surface area contributed by atoms with Crippen LogP contribution in [0.15, 0.2) is 30.3 Å². The summed E-state index contributed by atoms with van der Waals surface area (Å²) in [4.78, 5) is 52.0. The van der Waals surface area contributed by atoms with Gasteiger partial charge in [0.25, 0.3) is 11.8 Å². The van der Waals surface area contributed by atoms with Crippen LogP contribution in [0.25, 0.3) is 0 Å². The number of nitrogens with one attached hydrogen (secondary N) is 1. The molecule has 9 heteroatoms. The van der Waals surface area contributed by atoms with Crippen molar-refractivity contribution in [1.82, 2.24) is 10.2 Å². The van der Waals surface area contributed by atoms with Crippen molar-refractivity contribution in [1.29, 1.82) is 0 Å². The van der Waals surface area contributed by atoms with E-state index >= 15 is 0 Å². The summed E-state index contributed by atoms with van der Waals surface area (Å²) in [6.45, 7) is 0.283. The van der Waals surface area contributed by atoms with E-state index < -0.39 is 29.5 Å². The quantitative estimate of drug-likeness (QED) is 0.745. The molecular formula is C22H17F2N3O4. The van der Waals surface area contributed by atoms with Gasteiger partial charge in [0.1, 0.15) is 17.7 Å². The molecule has 0 radical (unpaired) electrons. The van der Waals surface area contributed by atoms with E-state index in [9.17, 15) is 28.0 Å². The molecule has 0 bridgehead atoms. The number of carbonyl (C=O) groups is 4. The average molecular weight is 425 g/mol. The molecule has 2 aromatic rings. The third-order valence-electron chi connectivity index (χ3n) is 6.05. The Morgan fingerprint density at radius 2 is 1.81 bits per heavy atom. The first-order chi connectivity index (χ1) is 14.8. The Balaban J connectivity index is 1.42. The van der Waals surface area contributed by atoms with Crippen molar-refractivity contribution in [2.24, 2.45) is 0 Å². The van der Waals surface area contributed by atoms with Gasteiger partial charge in [-0.3, -0.25) is 24.5 Å². The molecule has 158 valence electrons. The van der Waals surface area contributed by atoms with E-state index in [4.69, 9.17) is 0 Å². The number of fused-ring (bicyclic) bond motifs is 2. The second-order valence-corrected chi connectivity index (χ2v) is 7.84. The molecule has 4 amide bonds. The summed E-state index contributed by atoms with van der Waals surface area (Å²) in [7, 11) is 0. The highest BCUT2D eigenvalue weighted by Gasteiger charge is 2.39. The van der Waals surface area contributed by atoms with Crippen LogP contribution in [-0.2, 0) is 22.6 Å². The first-order valence-corrected chi connectivity index (χ1v) is 9.91. The van der Waals surface area contributed by atoms with Crippen molar-refractivity contribution in [3.05, 3.63) is 64.2 Å². The maximum atomic E-state index is 14.3. The highest BCUT2D eigenvalue weighted by molar-refractivity contribution is 6.09. The van der Waals surface area contributed by atoms with E-state index in [0.29, 0.717) is 11.1 Å². The van der Waals surface area contributed by atoms with Gasteiger partial charge in [-0.2, -0.15) is 0 Å². The lowest BCUT2D eigenvalue weighted by atomic mass is 10.0. The average Bonchev–Trinajstić information content (AvgIpc) is 3.33. The molecule has 0 spiro atoms. The first-order valence-electron chi connectivity index (χ1n) is 9.91. The van der Waals surface area contributed by atoms with E-state index in [1.807, 2.05) is 0 Å². The predicted octanol–water partition coefficient (Wildman–Crippen LogP) is 1.93. The number of halogens is 2. The van der Waals surface area contributed by atoms with Gasteiger partial charge >= 0.3 is 0 Å². The summed E-state index contributed by atoms with van der Waals surface area (Å²) in [6.07, 6.45) is 0.611. The Kier molecular flexibility index (Phi) is 4.35. The lowest BCUT2D eigenvalue weighted by Crippen LogP contribution is -2.52. The van der Waals surface area contributed by atoms with Crippen LogP contribution in [0.1, 0.15) is 44.7 Å². The zero-order valence-electron chi connectivity index (χ0n) is 16.3. The predicted molar refractivity (Wildman–Crippen MR) is 104 cm³/mol. The molecule has 2 aromatic carbocycles. The van der Waals surface area contributed by atoms with Crippen molar-refractivity contribution >= 4 is 29.3 Å². The SMILES string of the molecule is O=C1CCC(N2Cc3cc(C(=O)N4CCc5c(F)ccc(F)c54)ccc3C2=O)C(=O)N1. The molecule has 1 atom stereocenters. The molecule has 3 aliphatic heterocycles. The number of piperidine rings is 1. The number of hydrogen-bond donors (Lipinski definition) is 1. The van der Waals surface area contributed by atoms with Gasteiger partial charge in [0.15, 0.2) is 0 Å². The lowest BCUT2D eigenvalue weighted by Gasteiger charge is -2.29. The molecule has 3 heterocycles. The fraction of sp³-hybridized carbons (Fsp3) is 0.273. The Morgan fingerprint density at radius 3 is 2.58 bits per heavy atom. The fourth-order valence-corrected chi connectivity index (χ4v) is 4.51. The van der Waals surface area contributed by atoms with Crippen molar-refractivity contribution in [3.8, 4) is 0 Å². The van der Waals surface area contributed by atoms with Crippen molar-refractivity contribution in [3.63, 3.8) is 0 Å². The normalized spacial score (nSPS) is 20.1. The van der Waals surface area contributed by atoms with Gasteiger partial charge in [0, 0.05) is 36.2 Å². The third-order valence-corrected chi connectivity index (χ3v) is 6.05. The summed E-state index contributed by atoms with van der Waals surface area (Å²) in [5, 5.41) is 2.24. The Hall–Kier alpha value is -3.62. The van der Waals surface area contributed by atoms with Crippen LogP contribution in [0.5, 0.6) is 0 Å². The molecule has 1 unspecified atom stereocenters. The van der Waals surface area contributed by atoms with Crippen LogP contribution in [0.2, 0.25) is 0 Å². The van der Waals surface area contributed by atoms with Crippen LogP contribution < -0.4 is 10.2 Å². The standard InChI is InChI=1S/C22H17F2N3O4/c23-15-3-4-16(24)19-14(15)7-8-26(19)21(30)11-1-2-13-12(9-11)10-27(22(13)31)17-5-6-18(28)25-20(17)29/h1-4,9,17H,5-8,10H2,(H,25,28,29). The Morgan fingerprint density at radius 1 is 1.03 bits per heavy atom. The van der Waals surface area contributed by atoms with Crippen LogP contribution in [0, 0.1) is 11.6 Å². The topological polar surface area (TPSA) is 86.8 Å². The van der Waals surface area contributed by atoms with E-state index in [1.54, 1.807) is 6.07 Å². The monoisotopic (exact) mass is 425 g/mol. The van der Waals surface area contributed by atoms with Gasteiger partial charge in [0.05, 0.1) is 5.69 Å². The minimum absolute atomic E-state index is 0.0493. The van der Waals surface area contributed by atoms with Crippen LogP contribution in [0.3, 0.4) is 0 Å². The summed E-state index contributed by atoms with van der Waals surface area (Å²) < 4.78 is 28.3. The lowest BCUT2D eigenvalue weighted by molar-refractivity contribution is -0.136. The summed E-state index contributed by atoms with van der Waals surface area (Å²) in [5.74, 6) is -2.93. The van der Waals surface area contributed by atoms with Crippen LogP contribution >= 0.6 is 0 Å². The molecular weight excluding hydrogens is 408 g/mol. The minimum Gasteiger partial charge on any atom is -0.322 e. The van der Waals surface area contributed by atoms with Crippen molar-refractivity contribution in [2.75, 3.05) is 11.4 Å². The second kappa shape index (κ2) is 6.97. The van der Waals surface area contributed by atoms with Crippen LogP contribution in [0.4, 0.5) is 14.5 Å². The fourth-order valence-electron chi connectivity index (χ4n) is 4.51. The van der Waals surface area contributed by atoms with Crippen molar-refractivity contribution in [2.45, 2.75) is 31.8 Å². The van der Waals surface area contributed by atoms with Gasteiger partial charge in [-0.05, 0) is 48.7 Å². The van der Waals surface area contributed by atoms with Crippen LogP contribution in [-0.4, -0.2) is 41.1 Å². The van der Waals surface area contributed by atoms with Gasteiger partial charge in [-0.25, -0.2) is 8.78 Å². The number of rotatable bonds is 2. The number of carbonyl (C=O) groups excluding carboxylic acids is 4. The first kappa shape index (κ1) is 19.3. The highest BCUT2D eigenvalue weighted by Crippen LogP contribution is 2.35. The maximum absolute atomic E-state index is 14.3.